The van der Waals surface area contributed by atoms with Crippen LogP contribution in [-0.2, 0) is 26.0 Å². The van der Waals surface area contributed by atoms with Crippen molar-refractivity contribution in [1.29, 1.82) is 0 Å². The van der Waals surface area contributed by atoms with E-state index in [1.165, 1.54) is 25.3 Å². The molecule has 2 aromatic rings. The monoisotopic (exact) mass is 454 g/mol. The quantitative estimate of drug-likeness (QED) is 0.544. The number of methoxy groups -OCH3 is 1. The van der Waals surface area contributed by atoms with Crippen molar-refractivity contribution < 1.29 is 22.7 Å². The average molecular weight is 455 g/mol. The van der Waals surface area contributed by atoms with E-state index in [4.69, 9.17) is 21.1 Å². The third-order valence-corrected chi connectivity index (χ3v) is 5.98. The standard InChI is InChI=1S/C21H27ClN2O5S/c1-4-29-20-11-10-17(13-18(20)22)30(26,27)24-19(12-16-8-6-5-7-9-16)21(25)23-15(2)14-28-3/h5-11,13,15,19,24H,4,12,14H2,1-3H3,(H,23,25)/t15-,19-/m0/s1. The molecule has 0 aromatic heterocycles. The zero-order valence-electron chi connectivity index (χ0n) is 17.2. The van der Waals surface area contributed by atoms with Crippen LogP contribution in [0.1, 0.15) is 19.4 Å². The number of sulfonamides is 1. The molecule has 0 aliphatic rings. The summed E-state index contributed by atoms with van der Waals surface area (Å²) in [7, 11) is -2.48. The van der Waals surface area contributed by atoms with E-state index in [9.17, 15) is 13.2 Å². The molecule has 0 unspecified atom stereocenters. The van der Waals surface area contributed by atoms with Gasteiger partial charge >= 0.3 is 0 Å². The summed E-state index contributed by atoms with van der Waals surface area (Å²) in [6.45, 7) is 4.30. The minimum absolute atomic E-state index is 0.0493. The Kier molecular flexibility index (Phi) is 9.10. The molecule has 2 aromatic carbocycles. The first-order chi connectivity index (χ1) is 14.3. The van der Waals surface area contributed by atoms with E-state index in [1.54, 1.807) is 13.8 Å². The van der Waals surface area contributed by atoms with E-state index in [2.05, 4.69) is 10.0 Å². The summed E-state index contributed by atoms with van der Waals surface area (Å²) in [4.78, 5) is 12.8. The Morgan fingerprint density at radius 1 is 1.17 bits per heavy atom. The zero-order chi connectivity index (χ0) is 22.1. The lowest BCUT2D eigenvalue weighted by molar-refractivity contribution is -0.123. The number of benzene rings is 2. The Balaban J connectivity index is 2.26. The molecule has 0 heterocycles. The number of amides is 1. The summed E-state index contributed by atoms with van der Waals surface area (Å²) in [5.74, 6) is -0.0471. The highest BCUT2D eigenvalue weighted by molar-refractivity contribution is 7.89. The van der Waals surface area contributed by atoms with Crippen LogP contribution in [-0.4, -0.2) is 46.7 Å². The number of hydrogen-bond acceptors (Lipinski definition) is 5. The first kappa shape index (κ1) is 24.1. The van der Waals surface area contributed by atoms with Gasteiger partial charge in [0.2, 0.25) is 15.9 Å². The second kappa shape index (κ2) is 11.3. The lowest BCUT2D eigenvalue weighted by atomic mass is 10.1. The number of halogens is 1. The Morgan fingerprint density at radius 3 is 2.47 bits per heavy atom. The van der Waals surface area contributed by atoms with Crippen LogP contribution in [0.2, 0.25) is 5.02 Å². The Hall–Kier alpha value is -2.13. The van der Waals surface area contributed by atoms with E-state index in [0.717, 1.165) is 5.56 Å². The van der Waals surface area contributed by atoms with Crippen molar-refractivity contribution in [3.05, 3.63) is 59.1 Å². The second-order valence-electron chi connectivity index (χ2n) is 6.75. The fourth-order valence-corrected chi connectivity index (χ4v) is 4.37. The van der Waals surface area contributed by atoms with Crippen LogP contribution in [0.5, 0.6) is 5.75 Å². The van der Waals surface area contributed by atoms with Gasteiger partial charge in [0.1, 0.15) is 11.8 Å². The van der Waals surface area contributed by atoms with Gasteiger partial charge in [-0.1, -0.05) is 41.9 Å². The van der Waals surface area contributed by atoms with Gasteiger partial charge in [-0.2, -0.15) is 4.72 Å². The number of carbonyl (C=O) groups is 1. The molecule has 0 aliphatic carbocycles. The van der Waals surface area contributed by atoms with E-state index < -0.39 is 22.0 Å². The van der Waals surface area contributed by atoms with Crippen molar-refractivity contribution in [2.75, 3.05) is 20.3 Å². The highest BCUT2D eigenvalue weighted by atomic mass is 35.5. The molecule has 164 valence electrons. The average Bonchev–Trinajstić information content (AvgIpc) is 2.70. The summed E-state index contributed by atoms with van der Waals surface area (Å²) in [5, 5.41) is 2.95. The maximum Gasteiger partial charge on any atom is 0.241 e. The Morgan fingerprint density at radius 2 is 1.87 bits per heavy atom. The topological polar surface area (TPSA) is 93.7 Å². The molecule has 0 fully saturated rings. The summed E-state index contributed by atoms with van der Waals surface area (Å²) >= 11 is 6.14. The van der Waals surface area contributed by atoms with Crippen LogP contribution in [0.25, 0.3) is 0 Å². The van der Waals surface area contributed by atoms with Gasteiger partial charge in [0.15, 0.2) is 0 Å². The number of carbonyl (C=O) groups excluding carboxylic acids is 1. The molecule has 2 N–H and O–H groups in total. The van der Waals surface area contributed by atoms with Crippen molar-refractivity contribution in [3.63, 3.8) is 0 Å². The van der Waals surface area contributed by atoms with Crippen molar-refractivity contribution in [2.45, 2.75) is 37.2 Å². The van der Waals surface area contributed by atoms with E-state index >= 15 is 0 Å². The van der Waals surface area contributed by atoms with Crippen LogP contribution in [0.3, 0.4) is 0 Å². The molecule has 2 rings (SSSR count). The van der Waals surface area contributed by atoms with E-state index in [-0.39, 0.29) is 22.4 Å². The van der Waals surface area contributed by atoms with Gasteiger partial charge in [-0.3, -0.25) is 4.79 Å². The first-order valence-corrected chi connectivity index (χ1v) is 11.4. The predicted molar refractivity (Wildman–Crippen MR) is 116 cm³/mol. The second-order valence-corrected chi connectivity index (χ2v) is 8.87. The molecule has 1 amide bonds. The molecule has 0 bridgehead atoms. The van der Waals surface area contributed by atoms with Crippen molar-refractivity contribution in [3.8, 4) is 5.75 Å². The van der Waals surface area contributed by atoms with Crippen LogP contribution in [0.15, 0.2) is 53.4 Å². The largest absolute Gasteiger partial charge is 0.492 e. The molecular weight excluding hydrogens is 428 g/mol. The molecule has 30 heavy (non-hydrogen) atoms. The van der Waals surface area contributed by atoms with Crippen molar-refractivity contribution in [2.24, 2.45) is 0 Å². The van der Waals surface area contributed by atoms with Gasteiger partial charge in [-0.15, -0.1) is 0 Å². The fourth-order valence-electron chi connectivity index (χ4n) is 2.85. The molecule has 0 aliphatic heterocycles. The molecular formula is C21H27ClN2O5S. The summed E-state index contributed by atoms with van der Waals surface area (Å²) in [6.07, 6.45) is 0.191. The molecule has 9 heteroatoms. The van der Waals surface area contributed by atoms with Crippen LogP contribution >= 0.6 is 11.6 Å². The summed E-state index contributed by atoms with van der Waals surface area (Å²) < 4.78 is 38.8. The Labute approximate surface area is 182 Å². The first-order valence-electron chi connectivity index (χ1n) is 9.54. The lowest BCUT2D eigenvalue weighted by Crippen LogP contribution is -2.50. The molecule has 0 spiro atoms. The Bertz CT molecular complexity index is 938. The van der Waals surface area contributed by atoms with Gasteiger partial charge in [0, 0.05) is 13.2 Å². The van der Waals surface area contributed by atoms with Crippen LogP contribution in [0, 0.1) is 0 Å². The maximum atomic E-state index is 13.0. The third kappa shape index (κ3) is 6.98. The normalized spacial score (nSPS) is 13.5. The zero-order valence-corrected chi connectivity index (χ0v) is 18.8. The highest BCUT2D eigenvalue weighted by Gasteiger charge is 2.27. The predicted octanol–water partition coefficient (Wildman–Crippen LogP) is 2.78. The smallest absolute Gasteiger partial charge is 0.241 e. The van der Waals surface area contributed by atoms with E-state index in [1.807, 2.05) is 30.3 Å². The minimum Gasteiger partial charge on any atom is -0.492 e. The van der Waals surface area contributed by atoms with Gasteiger partial charge in [-0.05, 0) is 44.0 Å². The minimum atomic E-state index is -4.01. The number of nitrogens with one attached hydrogen (secondary N) is 2. The summed E-state index contributed by atoms with van der Waals surface area (Å²) in [5.41, 5.74) is 0.824. The van der Waals surface area contributed by atoms with Crippen molar-refractivity contribution in [1.82, 2.24) is 10.0 Å². The molecule has 0 saturated heterocycles. The maximum absolute atomic E-state index is 13.0. The van der Waals surface area contributed by atoms with Gasteiger partial charge in [0.05, 0.1) is 23.1 Å². The molecule has 0 saturated carbocycles. The van der Waals surface area contributed by atoms with Gasteiger partial charge in [-0.25, -0.2) is 8.42 Å². The SMILES string of the molecule is CCOc1ccc(S(=O)(=O)N[C@@H](Cc2ccccc2)C(=O)N[C@@H](C)COC)cc1Cl. The number of ether oxygens (including phenoxy) is 2. The third-order valence-electron chi connectivity index (χ3n) is 4.22. The van der Waals surface area contributed by atoms with E-state index in [0.29, 0.717) is 19.0 Å². The molecule has 0 radical (unpaired) electrons. The highest BCUT2D eigenvalue weighted by Crippen LogP contribution is 2.27. The van der Waals surface area contributed by atoms with Crippen LogP contribution in [0.4, 0.5) is 0 Å². The van der Waals surface area contributed by atoms with Gasteiger partial charge in [0.25, 0.3) is 0 Å². The number of hydrogen-bond donors (Lipinski definition) is 2. The van der Waals surface area contributed by atoms with Gasteiger partial charge < -0.3 is 14.8 Å². The number of rotatable bonds is 11. The molecule has 7 nitrogen and oxygen atoms in total. The lowest BCUT2D eigenvalue weighted by Gasteiger charge is -2.21. The molecule has 2 atom stereocenters. The summed E-state index contributed by atoms with van der Waals surface area (Å²) in [6, 6.07) is 12.1. The fraction of sp³-hybridized carbons (Fsp3) is 0.381. The van der Waals surface area contributed by atoms with Crippen molar-refractivity contribution >= 4 is 27.5 Å². The van der Waals surface area contributed by atoms with Crippen LogP contribution < -0.4 is 14.8 Å².